The van der Waals surface area contributed by atoms with E-state index < -0.39 is 0 Å². The average Bonchev–Trinajstić information content (AvgIpc) is 3.20. The number of rotatable bonds is 4. The third kappa shape index (κ3) is 2.95. The first kappa shape index (κ1) is 13.0. The molecule has 2 aliphatic rings. The second-order valence-electron chi connectivity index (χ2n) is 5.09. The molecule has 20 heavy (non-hydrogen) atoms. The molecular formula is C12H16N6O2. The summed E-state index contributed by atoms with van der Waals surface area (Å²) in [6.45, 7) is 2.18. The van der Waals surface area contributed by atoms with E-state index in [1.165, 1.54) is 0 Å². The molecule has 1 aliphatic carbocycles. The van der Waals surface area contributed by atoms with Crippen LogP contribution in [-0.2, 0) is 4.79 Å². The van der Waals surface area contributed by atoms with Crippen molar-refractivity contribution in [1.82, 2.24) is 20.4 Å². The molecule has 0 spiro atoms. The van der Waals surface area contributed by atoms with Crippen molar-refractivity contribution in [3.63, 3.8) is 0 Å². The minimum Gasteiger partial charge on any atom is -0.408 e. The molecule has 1 aromatic heterocycles. The standard InChI is InChI=1S/C12H16N6O2/c13-5-9-6-14-3-4-18(9)7-10(19)15-12-17-16-11(20-12)8-1-2-8/h8-9,14H,1-4,6-7H2,(H,15,17,19). The van der Waals surface area contributed by atoms with E-state index >= 15 is 0 Å². The summed E-state index contributed by atoms with van der Waals surface area (Å²) in [5, 5.41) is 22.4. The normalized spacial score (nSPS) is 23.2. The van der Waals surface area contributed by atoms with Crippen molar-refractivity contribution in [3.8, 4) is 6.07 Å². The second kappa shape index (κ2) is 5.56. The van der Waals surface area contributed by atoms with E-state index in [9.17, 15) is 4.79 Å². The zero-order valence-electron chi connectivity index (χ0n) is 11.0. The van der Waals surface area contributed by atoms with Crippen molar-refractivity contribution >= 4 is 11.9 Å². The highest BCUT2D eigenvalue weighted by Crippen LogP contribution is 2.39. The lowest BCUT2D eigenvalue weighted by Crippen LogP contribution is -2.52. The maximum Gasteiger partial charge on any atom is 0.322 e. The summed E-state index contributed by atoms with van der Waals surface area (Å²) in [6.07, 6.45) is 2.14. The number of nitrogens with zero attached hydrogens (tertiary/aromatic N) is 4. The van der Waals surface area contributed by atoms with Gasteiger partial charge in [0.1, 0.15) is 6.04 Å². The number of hydrogen-bond acceptors (Lipinski definition) is 7. The summed E-state index contributed by atoms with van der Waals surface area (Å²) in [4.78, 5) is 13.8. The lowest BCUT2D eigenvalue weighted by Gasteiger charge is -2.30. The molecular weight excluding hydrogens is 260 g/mol. The van der Waals surface area contributed by atoms with E-state index in [1.807, 2.05) is 4.90 Å². The Labute approximate surface area is 116 Å². The van der Waals surface area contributed by atoms with Crippen LogP contribution in [0.4, 0.5) is 6.01 Å². The van der Waals surface area contributed by atoms with Gasteiger partial charge in [-0.05, 0) is 12.8 Å². The van der Waals surface area contributed by atoms with Gasteiger partial charge in [-0.1, -0.05) is 5.10 Å². The molecule has 8 heteroatoms. The fourth-order valence-electron chi connectivity index (χ4n) is 2.19. The Hall–Kier alpha value is -1.98. The summed E-state index contributed by atoms with van der Waals surface area (Å²) >= 11 is 0. The van der Waals surface area contributed by atoms with Crippen molar-refractivity contribution in [2.75, 3.05) is 31.5 Å². The zero-order chi connectivity index (χ0) is 13.9. The van der Waals surface area contributed by atoms with Crippen molar-refractivity contribution in [2.45, 2.75) is 24.8 Å². The first-order valence-electron chi connectivity index (χ1n) is 6.74. The van der Waals surface area contributed by atoms with Gasteiger partial charge < -0.3 is 9.73 Å². The Bertz CT molecular complexity index is 532. The van der Waals surface area contributed by atoms with Gasteiger partial charge in [0.25, 0.3) is 0 Å². The Balaban J connectivity index is 1.54. The van der Waals surface area contributed by atoms with Crippen molar-refractivity contribution in [1.29, 1.82) is 5.26 Å². The lowest BCUT2D eigenvalue weighted by atomic mass is 10.2. The fraction of sp³-hybridized carbons (Fsp3) is 0.667. The van der Waals surface area contributed by atoms with E-state index in [1.54, 1.807) is 0 Å². The number of carbonyl (C=O) groups is 1. The van der Waals surface area contributed by atoms with Crippen LogP contribution in [0.2, 0.25) is 0 Å². The molecule has 106 valence electrons. The van der Waals surface area contributed by atoms with Crippen molar-refractivity contribution in [2.24, 2.45) is 0 Å². The van der Waals surface area contributed by atoms with Crippen LogP contribution in [0.5, 0.6) is 0 Å². The fourth-order valence-corrected chi connectivity index (χ4v) is 2.19. The van der Waals surface area contributed by atoms with E-state index in [0.717, 1.165) is 19.4 Å². The Kier molecular flexibility index (Phi) is 3.62. The predicted molar refractivity (Wildman–Crippen MR) is 68.7 cm³/mol. The van der Waals surface area contributed by atoms with Gasteiger partial charge in [0.2, 0.25) is 11.8 Å². The molecule has 0 aromatic carbocycles. The second-order valence-corrected chi connectivity index (χ2v) is 5.09. The van der Waals surface area contributed by atoms with Crippen LogP contribution in [0.15, 0.2) is 4.42 Å². The molecule has 1 aliphatic heterocycles. The topological polar surface area (TPSA) is 107 Å². The monoisotopic (exact) mass is 276 g/mol. The lowest BCUT2D eigenvalue weighted by molar-refractivity contribution is -0.117. The van der Waals surface area contributed by atoms with Crippen LogP contribution in [0.1, 0.15) is 24.7 Å². The molecule has 2 heterocycles. The number of anilines is 1. The summed E-state index contributed by atoms with van der Waals surface area (Å²) in [5.74, 6) is 0.722. The first-order chi connectivity index (χ1) is 9.76. The van der Waals surface area contributed by atoms with Gasteiger partial charge in [0, 0.05) is 25.6 Å². The molecule has 2 N–H and O–H groups in total. The number of aromatic nitrogens is 2. The van der Waals surface area contributed by atoms with Crippen molar-refractivity contribution < 1.29 is 9.21 Å². The highest BCUT2D eigenvalue weighted by atomic mass is 16.4. The van der Waals surface area contributed by atoms with Gasteiger partial charge in [0.15, 0.2) is 0 Å². The van der Waals surface area contributed by atoms with Crippen LogP contribution >= 0.6 is 0 Å². The van der Waals surface area contributed by atoms with Crippen LogP contribution in [-0.4, -0.2) is 53.2 Å². The number of nitriles is 1. The summed E-state index contributed by atoms with van der Waals surface area (Å²) < 4.78 is 5.37. The van der Waals surface area contributed by atoms with E-state index in [4.69, 9.17) is 9.68 Å². The largest absolute Gasteiger partial charge is 0.408 e. The maximum atomic E-state index is 11.9. The molecule has 1 unspecified atom stereocenters. The summed E-state index contributed by atoms with van der Waals surface area (Å²) in [6, 6.07) is 2.04. The summed E-state index contributed by atoms with van der Waals surface area (Å²) in [7, 11) is 0. The third-order valence-corrected chi connectivity index (χ3v) is 3.46. The highest BCUT2D eigenvalue weighted by Gasteiger charge is 2.30. The molecule has 0 bridgehead atoms. The molecule has 1 atom stereocenters. The molecule has 2 fully saturated rings. The van der Waals surface area contributed by atoms with Crippen LogP contribution in [0.25, 0.3) is 0 Å². The van der Waals surface area contributed by atoms with Gasteiger partial charge in [-0.25, -0.2) is 0 Å². The number of hydrogen-bond donors (Lipinski definition) is 2. The third-order valence-electron chi connectivity index (χ3n) is 3.46. The molecule has 0 radical (unpaired) electrons. The number of amides is 1. The SMILES string of the molecule is N#CC1CNCCN1CC(=O)Nc1nnc(C2CC2)o1. The molecule has 1 saturated carbocycles. The Morgan fingerprint density at radius 2 is 2.40 bits per heavy atom. The Morgan fingerprint density at radius 3 is 3.15 bits per heavy atom. The maximum absolute atomic E-state index is 11.9. The molecule has 1 saturated heterocycles. The molecule has 3 rings (SSSR count). The smallest absolute Gasteiger partial charge is 0.322 e. The van der Waals surface area contributed by atoms with Gasteiger partial charge >= 0.3 is 6.01 Å². The average molecular weight is 276 g/mol. The summed E-state index contributed by atoms with van der Waals surface area (Å²) in [5.41, 5.74) is 0. The van der Waals surface area contributed by atoms with Gasteiger partial charge in [-0.3, -0.25) is 15.0 Å². The molecule has 1 aromatic rings. The minimum atomic E-state index is -0.279. The van der Waals surface area contributed by atoms with E-state index in [-0.39, 0.29) is 24.5 Å². The molecule has 1 amide bonds. The number of carbonyl (C=O) groups excluding carboxylic acids is 1. The van der Waals surface area contributed by atoms with Crippen LogP contribution in [0, 0.1) is 11.3 Å². The molecule has 8 nitrogen and oxygen atoms in total. The highest BCUT2D eigenvalue weighted by molar-refractivity contribution is 5.90. The van der Waals surface area contributed by atoms with Gasteiger partial charge in [-0.2, -0.15) is 5.26 Å². The van der Waals surface area contributed by atoms with Gasteiger partial charge in [-0.15, -0.1) is 5.10 Å². The van der Waals surface area contributed by atoms with Crippen LogP contribution in [0.3, 0.4) is 0 Å². The van der Waals surface area contributed by atoms with Crippen LogP contribution < -0.4 is 10.6 Å². The zero-order valence-corrected chi connectivity index (χ0v) is 11.0. The number of piperazine rings is 1. The van der Waals surface area contributed by atoms with E-state index in [0.29, 0.717) is 24.9 Å². The van der Waals surface area contributed by atoms with Crippen molar-refractivity contribution in [3.05, 3.63) is 5.89 Å². The Morgan fingerprint density at radius 1 is 1.55 bits per heavy atom. The van der Waals surface area contributed by atoms with Gasteiger partial charge in [0.05, 0.1) is 12.6 Å². The van der Waals surface area contributed by atoms with E-state index in [2.05, 4.69) is 26.9 Å². The minimum absolute atomic E-state index is 0.139. The predicted octanol–water partition coefficient (Wildman–Crippen LogP) is -0.317. The quantitative estimate of drug-likeness (QED) is 0.776. The number of nitrogens with one attached hydrogen (secondary N) is 2. The first-order valence-corrected chi connectivity index (χ1v) is 6.74.